The van der Waals surface area contributed by atoms with E-state index in [4.69, 9.17) is 9.84 Å². The molecule has 0 unspecified atom stereocenters. The number of sulfonamides is 1. The van der Waals surface area contributed by atoms with Crippen molar-refractivity contribution in [1.82, 2.24) is 9.62 Å². The molecule has 0 bridgehead atoms. The molecule has 1 heterocycles. The Balaban J connectivity index is 1.85. The fourth-order valence-corrected chi connectivity index (χ4v) is 3.33. The average Bonchev–Trinajstić information content (AvgIpc) is 2.53. The van der Waals surface area contributed by atoms with E-state index in [-0.39, 0.29) is 10.5 Å². The van der Waals surface area contributed by atoms with Crippen molar-refractivity contribution in [3.05, 3.63) is 29.8 Å². The van der Waals surface area contributed by atoms with Gasteiger partial charge in [0.25, 0.3) is 0 Å². The number of carbonyl (C=O) groups is 1. The Bertz CT molecular complexity index is 611. The molecule has 0 atom stereocenters. The minimum absolute atomic E-state index is 0.0289. The Morgan fingerprint density at radius 1 is 1.32 bits per heavy atom. The van der Waals surface area contributed by atoms with Crippen molar-refractivity contribution >= 4 is 16.0 Å². The molecule has 7 nitrogen and oxygen atoms in total. The lowest BCUT2D eigenvalue weighted by Gasteiger charge is -2.26. The van der Waals surface area contributed by atoms with Gasteiger partial charge >= 0.3 is 5.97 Å². The van der Waals surface area contributed by atoms with E-state index in [0.29, 0.717) is 26.2 Å². The number of nitrogens with one attached hydrogen (secondary N) is 1. The standard InChI is InChI=1S/C14H20N2O5S/c17-14(18)12-3-1-4-13(11-12)22(19,20)15-5-2-6-16-7-9-21-10-8-16/h1,3-4,11,15H,2,5-10H2,(H,17,18). The zero-order chi connectivity index (χ0) is 16.0. The normalized spacial score (nSPS) is 16.5. The molecule has 1 aromatic carbocycles. The van der Waals surface area contributed by atoms with E-state index in [9.17, 15) is 13.2 Å². The zero-order valence-corrected chi connectivity index (χ0v) is 13.0. The van der Waals surface area contributed by atoms with E-state index in [1.807, 2.05) is 0 Å². The van der Waals surface area contributed by atoms with Crippen molar-refractivity contribution in [2.75, 3.05) is 39.4 Å². The second-order valence-electron chi connectivity index (χ2n) is 5.04. The highest BCUT2D eigenvalue weighted by Gasteiger charge is 2.16. The second kappa shape index (κ2) is 7.68. The summed E-state index contributed by atoms with van der Waals surface area (Å²) < 4.78 is 32.0. The highest BCUT2D eigenvalue weighted by atomic mass is 32.2. The van der Waals surface area contributed by atoms with Gasteiger partial charge in [-0.3, -0.25) is 4.90 Å². The zero-order valence-electron chi connectivity index (χ0n) is 12.2. The minimum atomic E-state index is -3.68. The van der Waals surface area contributed by atoms with Gasteiger partial charge in [0, 0.05) is 19.6 Å². The predicted octanol–water partition coefficient (Wildman–Crippen LogP) is 0.385. The number of nitrogens with zero attached hydrogens (tertiary/aromatic N) is 1. The summed E-state index contributed by atoms with van der Waals surface area (Å²) >= 11 is 0. The lowest BCUT2D eigenvalue weighted by atomic mass is 10.2. The van der Waals surface area contributed by atoms with E-state index >= 15 is 0 Å². The van der Waals surface area contributed by atoms with E-state index in [0.717, 1.165) is 25.7 Å². The van der Waals surface area contributed by atoms with Crippen LogP contribution in [0.3, 0.4) is 0 Å². The summed E-state index contributed by atoms with van der Waals surface area (Å²) in [7, 11) is -3.68. The predicted molar refractivity (Wildman–Crippen MR) is 80.5 cm³/mol. The third-order valence-corrected chi connectivity index (χ3v) is 4.90. The molecule has 0 aromatic heterocycles. The molecule has 1 aromatic rings. The molecular weight excluding hydrogens is 308 g/mol. The molecule has 0 radical (unpaired) electrons. The number of hydrogen-bond acceptors (Lipinski definition) is 5. The van der Waals surface area contributed by atoms with Crippen molar-refractivity contribution in [1.29, 1.82) is 0 Å². The van der Waals surface area contributed by atoms with E-state index < -0.39 is 16.0 Å². The number of aromatic carboxylic acids is 1. The van der Waals surface area contributed by atoms with Crippen LogP contribution in [0.1, 0.15) is 16.8 Å². The maximum Gasteiger partial charge on any atom is 0.335 e. The maximum atomic E-state index is 12.1. The minimum Gasteiger partial charge on any atom is -0.478 e. The molecule has 0 aliphatic carbocycles. The average molecular weight is 328 g/mol. The number of benzene rings is 1. The summed E-state index contributed by atoms with van der Waals surface area (Å²) in [5.41, 5.74) is -0.0452. The molecule has 1 saturated heterocycles. The van der Waals surface area contributed by atoms with Crippen molar-refractivity contribution in [2.24, 2.45) is 0 Å². The van der Waals surface area contributed by atoms with E-state index in [1.165, 1.54) is 18.2 Å². The van der Waals surface area contributed by atoms with Crippen LogP contribution in [0.25, 0.3) is 0 Å². The Hall–Kier alpha value is -1.48. The molecule has 8 heteroatoms. The van der Waals surface area contributed by atoms with Gasteiger partial charge in [0.2, 0.25) is 10.0 Å². The van der Waals surface area contributed by atoms with Gasteiger partial charge in [0.1, 0.15) is 0 Å². The number of ether oxygens (including phenoxy) is 1. The lowest BCUT2D eigenvalue weighted by molar-refractivity contribution is 0.0376. The Labute approximate surface area is 129 Å². The number of hydrogen-bond donors (Lipinski definition) is 2. The van der Waals surface area contributed by atoms with Gasteiger partial charge in [-0.25, -0.2) is 17.9 Å². The molecule has 2 rings (SSSR count). The molecule has 22 heavy (non-hydrogen) atoms. The number of morpholine rings is 1. The summed E-state index contributed by atoms with van der Waals surface area (Å²) in [6, 6.07) is 5.33. The first-order valence-electron chi connectivity index (χ1n) is 7.12. The quantitative estimate of drug-likeness (QED) is 0.703. The largest absolute Gasteiger partial charge is 0.478 e. The van der Waals surface area contributed by atoms with Gasteiger partial charge in [-0.05, 0) is 31.2 Å². The van der Waals surface area contributed by atoms with Crippen LogP contribution in [-0.4, -0.2) is 63.8 Å². The van der Waals surface area contributed by atoms with Crippen LogP contribution in [0.4, 0.5) is 0 Å². The van der Waals surface area contributed by atoms with Crippen LogP contribution >= 0.6 is 0 Å². The van der Waals surface area contributed by atoms with E-state index in [1.54, 1.807) is 0 Å². The number of carboxylic acids is 1. The van der Waals surface area contributed by atoms with Crippen LogP contribution in [0.5, 0.6) is 0 Å². The summed E-state index contributed by atoms with van der Waals surface area (Å²) in [6.45, 7) is 4.29. The van der Waals surface area contributed by atoms with Gasteiger partial charge < -0.3 is 9.84 Å². The van der Waals surface area contributed by atoms with Gasteiger partial charge in [-0.15, -0.1) is 0 Å². The van der Waals surface area contributed by atoms with Crippen molar-refractivity contribution in [3.63, 3.8) is 0 Å². The van der Waals surface area contributed by atoms with Crippen LogP contribution in [0.2, 0.25) is 0 Å². The fraction of sp³-hybridized carbons (Fsp3) is 0.500. The molecule has 0 saturated carbocycles. The molecular formula is C14H20N2O5S. The highest BCUT2D eigenvalue weighted by Crippen LogP contribution is 2.11. The van der Waals surface area contributed by atoms with Gasteiger partial charge in [0.15, 0.2) is 0 Å². The summed E-state index contributed by atoms with van der Waals surface area (Å²) in [5.74, 6) is -1.15. The molecule has 0 amide bonds. The molecule has 1 fully saturated rings. The Kier molecular flexibility index (Phi) is 5.90. The third-order valence-electron chi connectivity index (χ3n) is 3.44. The van der Waals surface area contributed by atoms with Crippen molar-refractivity contribution in [2.45, 2.75) is 11.3 Å². The van der Waals surface area contributed by atoms with Crippen LogP contribution in [0.15, 0.2) is 29.2 Å². The molecule has 122 valence electrons. The van der Waals surface area contributed by atoms with E-state index in [2.05, 4.69) is 9.62 Å². The Morgan fingerprint density at radius 3 is 2.73 bits per heavy atom. The topological polar surface area (TPSA) is 95.9 Å². The maximum absolute atomic E-state index is 12.1. The first-order chi connectivity index (χ1) is 10.5. The second-order valence-corrected chi connectivity index (χ2v) is 6.81. The monoisotopic (exact) mass is 328 g/mol. The molecule has 0 spiro atoms. The van der Waals surface area contributed by atoms with Crippen molar-refractivity contribution in [3.8, 4) is 0 Å². The fourth-order valence-electron chi connectivity index (χ4n) is 2.21. The van der Waals surface area contributed by atoms with Gasteiger partial charge in [-0.1, -0.05) is 6.07 Å². The Morgan fingerprint density at radius 2 is 2.05 bits per heavy atom. The summed E-state index contributed by atoms with van der Waals surface area (Å²) in [4.78, 5) is 13.1. The molecule has 2 N–H and O–H groups in total. The highest BCUT2D eigenvalue weighted by molar-refractivity contribution is 7.89. The number of rotatable bonds is 7. The van der Waals surface area contributed by atoms with Crippen molar-refractivity contribution < 1.29 is 23.1 Å². The van der Waals surface area contributed by atoms with Gasteiger partial charge in [-0.2, -0.15) is 0 Å². The van der Waals surface area contributed by atoms with Crippen LogP contribution in [-0.2, 0) is 14.8 Å². The SMILES string of the molecule is O=C(O)c1cccc(S(=O)(=O)NCCCN2CCOCC2)c1. The van der Waals surface area contributed by atoms with Crippen LogP contribution < -0.4 is 4.72 Å². The van der Waals surface area contributed by atoms with Gasteiger partial charge in [0.05, 0.1) is 23.7 Å². The summed E-state index contributed by atoms with van der Waals surface area (Å²) in [5, 5.41) is 8.90. The first kappa shape index (κ1) is 16.9. The first-order valence-corrected chi connectivity index (χ1v) is 8.60. The smallest absolute Gasteiger partial charge is 0.335 e. The molecule has 1 aliphatic heterocycles. The number of carboxylic acid groups (broad SMARTS) is 1. The molecule has 1 aliphatic rings. The summed E-state index contributed by atoms with van der Waals surface area (Å²) in [6.07, 6.45) is 0.692. The third kappa shape index (κ3) is 4.77. The van der Waals surface area contributed by atoms with Crippen LogP contribution in [0, 0.1) is 0 Å². The lowest BCUT2D eigenvalue weighted by Crippen LogP contribution is -2.38.